The van der Waals surface area contributed by atoms with Gasteiger partial charge in [-0.25, -0.2) is 18.5 Å². The Morgan fingerprint density at radius 2 is 2.21 bits per heavy atom. The van der Waals surface area contributed by atoms with Crippen molar-refractivity contribution >= 4 is 29.0 Å². The van der Waals surface area contributed by atoms with Gasteiger partial charge in [0.15, 0.2) is 0 Å². The minimum absolute atomic E-state index is 0.0117. The molecule has 0 bridgehead atoms. The highest BCUT2D eigenvalue weighted by Crippen LogP contribution is 2.35. The Kier molecular flexibility index (Phi) is 7.26. The normalized spacial score (nSPS) is 24.8. The van der Waals surface area contributed by atoms with Gasteiger partial charge in [0.05, 0.1) is 17.5 Å². The molecule has 9 nitrogen and oxygen atoms in total. The quantitative estimate of drug-likeness (QED) is 0.336. The zero-order valence-electron chi connectivity index (χ0n) is 21.1. The standard InChI is InChI=1S/C27H32F2N8O/c1-2-22(30)36-11-3-4-19(14-36)37-26-23(25(31)33-15-34-26)24(35-37)17-7-5-16(6-8-17)13-32-27(38)20-12-18(28)9-10-21(20)29/h2,5,7-10,16,19-20,30,34H,1,3-4,6,11-15H2,(H2,31,33)(H,32,38). The number of aromatic nitrogens is 2. The Morgan fingerprint density at radius 1 is 1.37 bits per heavy atom. The van der Waals surface area contributed by atoms with Gasteiger partial charge in [-0.3, -0.25) is 10.2 Å². The maximum atomic E-state index is 14.0. The van der Waals surface area contributed by atoms with E-state index in [2.05, 4.69) is 28.3 Å². The summed E-state index contributed by atoms with van der Waals surface area (Å²) in [5.41, 5.74) is 8.74. The number of aliphatic imine (C=N–C) groups is 1. The fourth-order valence-electron chi connectivity index (χ4n) is 5.30. The Bertz CT molecular complexity index is 1300. The molecule has 11 heteroatoms. The number of allylic oxidation sites excluding steroid dienone is 6. The largest absolute Gasteiger partial charge is 0.383 e. The van der Waals surface area contributed by atoms with Crippen molar-refractivity contribution in [1.82, 2.24) is 20.0 Å². The number of nitrogens with one attached hydrogen (secondary N) is 3. The lowest BCUT2D eigenvalue weighted by molar-refractivity contribution is -0.124. The van der Waals surface area contributed by atoms with Crippen LogP contribution in [0, 0.1) is 17.2 Å². The van der Waals surface area contributed by atoms with Crippen molar-refractivity contribution < 1.29 is 13.6 Å². The van der Waals surface area contributed by atoms with E-state index in [0.717, 1.165) is 54.2 Å². The summed E-state index contributed by atoms with van der Waals surface area (Å²) >= 11 is 0. The minimum Gasteiger partial charge on any atom is -0.383 e. The fraction of sp³-hybridized carbons (Fsp3) is 0.407. The second kappa shape index (κ2) is 10.8. The number of piperidine rings is 1. The number of amidine groups is 2. The molecule has 0 spiro atoms. The lowest BCUT2D eigenvalue weighted by Gasteiger charge is -2.34. The van der Waals surface area contributed by atoms with Gasteiger partial charge in [0.25, 0.3) is 0 Å². The van der Waals surface area contributed by atoms with Crippen LogP contribution in [0.25, 0.3) is 5.57 Å². The molecule has 1 fully saturated rings. The SMILES string of the molecule is C=CC(=N)N1CCCC(n2nc(C3=CCC(CNC(=O)C4CC(F)=CC=C4F)C=C3)c3c2NCN=C3N)C1. The molecule has 4 aliphatic rings. The summed E-state index contributed by atoms with van der Waals surface area (Å²) in [6.07, 6.45) is 11.9. The molecular formula is C27H32F2N8O. The van der Waals surface area contributed by atoms with Gasteiger partial charge in [-0.05, 0) is 49.0 Å². The number of fused-ring (bicyclic) bond motifs is 1. The molecule has 0 saturated carbocycles. The molecule has 1 saturated heterocycles. The Balaban J connectivity index is 1.29. The summed E-state index contributed by atoms with van der Waals surface area (Å²) in [7, 11) is 0. The van der Waals surface area contributed by atoms with E-state index < -0.39 is 23.5 Å². The van der Waals surface area contributed by atoms with Crippen LogP contribution >= 0.6 is 0 Å². The third-order valence-electron chi connectivity index (χ3n) is 7.41. The van der Waals surface area contributed by atoms with Crippen LogP contribution in [0.5, 0.6) is 0 Å². The van der Waals surface area contributed by atoms with Gasteiger partial charge < -0.3 is 21.3 Å². The van der Waals surface area contributed by atoms with Crippen molar-refractivity contribution in [1.29, 1.82) is 5.41 Å². The highest BCUT2D eigenvalue weighted by Gasteiger charge is 2.32. The summed E-state index contributed by atoms with van der Waals surface area (Å²) in [4.78, 5) is 18.8. The summed E-state index contributed by atoms with van der Waals surface area (Å²) < 4.78 is 29.5. The Hall–Kier alpha value is -4.02. The molecule has 1 aromatic rings. The van der Waals surface area contributed by atoms with E-state index in [9.17, 15) is 13.6 Å². The molecule has 1 aromatic heterocycles. The third-order valence-corrected chi connectivity index (χ3v) is 7.41. The van der Waals surface area contributed by atoms with Crippen molar-refractivity contribution in [2.75, 3.05) is 31.6 Å². The van der Waals surface area contributed by atoms with Crippen LogP contribution in [0.1, 0.15) is 43.0 Å². The van der Waals surface area contributed by atoms with Crippen LogP contribution in [-0.4, -0.2) is 58.6 Å². The molecule has 5 N–H and O–H groups in total. The number of hydrogen-bond donors (Lipinski definition) is 4. The number of rotatable bonds is 6. The average Bonchev–Trinajstić information content (AvgIpc) is 3.34. The summed E-state index contributed by atoms with van der Waals surface area (Å²) in [5, 5.41) is 19.2. The lowest BCUT2D eigenvalue weighted by atomic mass is 9.93. The molecule has 3 atom stereocenters. The number of likely N-dealkylation sites (tertiary alicyclic amines) is 1. The molecule has 0 aromatic carbocycles. The third kappa shape index (κ3) is 5.05. The van der Waals surface area contributed by atoms with Crippen LogP contribution in [0.4, 0.5) is 14.6 Å². The molecule has 1 amide bonds. The van der Waals surface area contributed by atoms with E-state index in [1.807, 2.05) is 21.7 Å². The smallest absolute Gasteiger partial charge is 0.230 e. The summed E-state index contributed by atoms with van der Waals surface area (Å²) in [6, 6.07) is 0.0648. The van der Waals surface area contributed by atoms with E-state index in [4.69, 9.17) is 16.2 Å². The second-order valence-corrected chi connectivity index (χ2v) is 9.91. The van der Waals surface area contributed by atoms with Crippen molar-refractivity contribution in [3.63, 3.8) is 0 Å². The Labute approximate surface area is 220 Å². The fourth-order valence-corrected chi connectivity index (χ4v) is 5.30. The van der Waals surface area contributed by atoms with Gasteiger partial charge in [0.1, 0.15) is 41.5 Å². The first-order chi connectivity index (χ1) is 18.4. The molecule has 3 heterocycles. The van der Waals surface area contributed by atoms with Crippen molar-refractivity contribution in [3.8, 4) is 0 Å². The minimum atomic E-state index is -1.12. The predicted molar refractivity (Wildman–Crippen MR) is 144 cm³/mol. The van der Waals surface area contributed by atoms with Gasteiger partial charge in [0.2, 0.25) is 5.91 Å². The van der Waals surface area contributed by atoms with Gasteiger partial charge in [-0.1, -0.05) is 24.8 Å². The topological polar surface area (TPSA) is 124 Å². The second-order valence-electron chi connectivity index (χ2n) is 9.91. The van der Waals surface area contributed by atoms with Crippen LogP contribution in [0.3, 0.4) is 0 Å². The number of nitrogens with zero attached hydrogens (tertiary/aromatic N) is 4. The predicted octanol–water partition coefficient (Wildman–Crippen LogP) is 3.57. The number of nitrogens with two attached hydrogens (primary N) is 1. The first kappa shape index (κ1) is 25.6. The zero-order valence-corrected chi connectivity index (χ0v) is 21.1. The van der Waals surface area contributed by atoms with Crippen LogP contribution < -0.4 is 16.4 Å². The van der Waals surface area contributed by atoms with E-state index in [-0.39, 0.29) is 18.4 Å². The van der Waals surface area contributed by atoms with E-state index >= 15 is 0 Å². The molecule has 2 aliphatic carbocycles. The Morgan fingerprint density at radius 3 is 2.97 bits per heavy atom. The van der Waals surface area contributed by atoms with E-state index in [0.29, 0.717) is 37.9 Å². The molecule has 5 rings (SSSR count). The molecule has 2 aliphatic heterocycles. The van der Waals surface area contributed by atoms with Gasteiger partial charge in [0, 0.05) is 26.1 Å². The molecular weight excluding hydrogens is 490 g/mol. The number of anilines is 1. The number of halogens is 2. The van der Waals surface area contributed by atoms with Crippen molar-refractivity contribution in [3.05, 3.63) is 65.9 Å². The maximum Gasteiger partial charge on any atom is 0.230 e. The monoisotopic (exact) mass is 522 g/mol. The maximum absolute atomic E-state index is 14.0. The van der Waals surface area contributed by atoms with Gasteiger partial charge in [-0.15, -0.1) is 0 Å². The number of carbonyl (C=O) groups is 1. The lowest BCUT2D eigenvalue weighted by Crippen LogP contribution is -2.40. The highest BCUT2D eigenvalue weighted by molar-refractivity contribution is 6.07. The van der Waals surface area contributed by atoms with Gasteiger partial charge in [-0.2, -0.15) is 5.10 Å². The first-order valence-electron chi connectivity index (χ1n) is 12.9. The van der Waals surface area contributed by atoms with Crippen LogP contribution in [-0.2, 0) is 4.79 Å². The average molecular weight is 523 g/mol. The van der Waals surface area contributed by atoms with Gasteiger partial charge >= 0.3 is 0 Å². The first-order valence-corrected chi connectivity index (χ1v) is 12.9. The zero-order chi connectivity index (χ0) is 26.8. The summed E-state index contributed by atoms with van der Waals surface area (Å²) in [5.74, 6) is -1.08. The molecule has 0 radical (unpaired) electrons. The van der Waals surface area contributed by atoms with Crippen molar-refractivity contribution in [2.24, 2.45) is 22.6 Å². The van der Waals surface area contributed by atoms with E-state index in [1.165, 1.54) is 0 Å². The van der Waals surface area contributed by atoms with Crippen molar-refractivity contribution in [2.45, 2.75) is 31.7 Å². The molecule has 3 unspecified atom stereocenters. The van der Waals surface area contributed by atoms with Crippen LogP contribution in [0.2, 0.25) is 0 Å². The van der Waals surface area contributed by atoms with Crippen LogP contribution in [0.15, 0.2) is 59.7 Å². The van der Waals surface area contributed by atoms with E-state index in [1.54, 1.807) is 6.08 Å². The molecule has 38 heavy (non-hydrogen) atoms. The molecule has 200 valence electrons. The number of amides is 1. The summed E-state index contributed by atoms with van der Waals surface area (Å²) in [6.45, 7) is 5.89. The highest BCUT2D eigenvalue weighted by atomic mass is 19.1. The number of hydrogen-bond acceptors (Lipinski definition) is 6. The number of carbonyl (C=O) groups excluding carboxylic acids is 1.